The van der Waals surface area contributed by atoms with Crippen molar-refractivity contribution in [2.24, 2.45) is 5.41 Å². The maximum atomic E-state index is 11.0. The Hall–Kier alpha value is -1.57. The van der Waals surface area contributed by atoms with Crippen molar-refractivity contribution < 1.29 is 4.79 Å². The quantitative estimate of drug-likeness (QED) is 0.735. The van der Waals surface area contributed by atoms with Gasteiger partial charge in [0.05, 0.1) is 0 Å². The van der Waals surface area contributed by atoms with E-state index in [0.29, 0.717) is 5.41 Å². The van der Waals surface area contributed by atoms with E-state index in [-0.39, 0.29) is 0 Å². The van der Waals surface area contributed by atoms with Crippen molar-refractivity contribution in [3.05, 3.63) is 36.0 Å². The second kappa shape index (κ2) is 4.97. The van der Waals surface area contributed by atoms with E-state index in [4.69, 9.17) is 0 Å². The first-order chi connectivity index (χ1) is 8.51. The summed E-state index contributed by atoms with van der Waals surface area (Å²) in [4.78, 5) is 11.0. The molecule has 2 heteroatoms. The Morgan fingerprint density at radius 1 is 1.22 bits per heavy atom. The van der Waals surface area contributed by atoms with Crippen molar-refractivity contribution in [2.75, 3.05) is 0 Å². The Labute approximate surface area is 109 Å². The summed E-state index contributed by atoms with van der Waals surface area (Å²) in [5.41, 5.74) is 2.33. The van der Waals surface area contributed by atoms with E-state index in [0.717, 1.165) is 29.3 Å². The van der Waals surface area contributed by atoms with Crippen LogP contribution in [0.4, 0.5) is 0 Å². The van der Waals surface area contributed by atoms with Gasteiger partial charge in [-0.2, -0.15) is 0 Å². The average molecular weight is 243 g/mol. The molecule has 0 fully saturated rings. The summed E-state index contributed by atoms with van der Waals surface area (Å²) in [5, 5.41) is 1.06. The molecule has 0 saturated carbocycles. The highest BCUT2D eigenvalue weighted by atomic mass is 16.1. The zero-order valence-electron chi connectivity index (χ0n) is 11.4. The molecule has 2 aromatic rings. The van der Waals surface area contributed by atoms with Gasteiger partial charge in [-0.1, -0.05) is 32.9 Å². The number of carbonyl (C=O) groups is 1. The smallest absolute Gasteiger partial charge is 0.150 e. The normalized spacial score (nSPS) is 11.9. The van der Waals surface area contributed by atoms with Crippen molar-refractivity contribution in [1.29, 1.82) is 0 Å². The third-order valence-corrected chi connectivity index (χ3v) is 3.30. The summed E-state index contributed by atoms with van der Waals surface area (Å²) in [7, 11) is 0. The van der Waals surface area contributed by atoms with Gasteiger partial charge in [-0.25, -0.2) is 0 Å². The molecule has 96 valence electrons. The van der Waals surface area contributed by atoms with Gasteiger partial charge in [-0.05, 0) is 30.4 Å². The lowest BCUT2D eigenvalue weighted by molar-refractivity contribution is 0.112. The van der Waals surface area contributed by atoms with E-state index in [1.54, 1.807) is 0 Å². The number of hydrogen-bond acceptors (Lipinski definition) is 1. The van der Waals surface area contributed by atoms with Crippen LogP contribution < -0.4 is 0 Å². The first kappa shape index (κ1) is 12.9. The molecule has 1 aromatic heterocycles. The van der Waals surface area contributed by atoms with Crippen LogP contribution in [0.1, 0.15) is 44.0 Å². The Bertz CT molecular complexity index is 546. The number of carbonyl (C=O) groups excluding carboxylic acids is 1. The van der Waals surface area contributed by atoms with E-state index >= 15 is 0 Å². The molecule has 0 aliphatic heterocycles. The molecule has 18 heavy (non-hydrogen) atoms. The van der Waals surface area contributed by atoms with Gasteiger partial charge < -0.3 is 4.57 Å². The number of aldehydes is 1. The van der Waals surface area contributed by atoms with Crippen LogP contribution in [0.3, 0.4) is 0 Å². The number of hydrogen-bond donors (Lipinski definition) is 0. The van der Waals surface area contributed by atoms with E-state index in [1.165, 1.54) is 12.8 Å². The van der Waals surface area contributed by atoms with Gasteiger partial charge in [0.25, 0.3) is 0 Å². The highest BCUT2D eigenvalue weighted by Gasteiger charge is 2.10. The number of aryl methyl sites for hydroxylation is 1. The number of aromatic nitrogens is 1. The molecule has 0 amide bonds. The molecule has 0 radical (unpaired) electrons. The number of fused-ring (bicyclic) bond motifs is 1. The third kappa shape index (κ3) is 2.81. The molecule has 0 spiro atoms. The minimum absolute atomic E-state index is 0.386. The Morgan fingerprint density at radius 3 is 2.67 bits per heavy atom. The summed E-state index contributed by atoms with van der Waals surface area (Å²) < 4.78 is 2.24. The van der Waals surface area contributed by atoms with Crippen molar-refractivity contribution in [3.8, 4) is 0 Å². The first-order valence-electron chi connectivity index (χ1n) is 6.54. The predicted molar refractivity (Wildman–Crippen MR) is 76.0 cm³/mol. The molecule has 1 aromatic carbocycles. The van der Waals surface area contributed by atoms with Crippen LogP contribution >= 0.6 is 0 Å². The van der Waals surface area contributed by atoms with Crippen molar-refractivity contribution in [2.45, 2.75) is 40.2 Å². The number of nitrogens with zero attached hydrogens (tertiary/aromatic N) is 1. The molecule has 2 rings (SSSR count). The van der Waals surface area contributed by atoms with Crippen LogP contribution in [-0.4, -0.2) is 10.9 Å². The SMILES string of the molecule is CC(C)(C)CCCn1ccc2c(C=O)cccc21. The lowest BCUT2D eigenvalue weighted by Crippen LogP contribution is -2.07. The van der Waals surface area contributed by atoms with Crippen LogP contribution in [-0.2, 0) is 6.54 Å². The van der Waals surface area contributed by atoms with Crippen LogP contribution in [0, 0.1) is 5.41 Å². The summed E-state index contributed by atoms with van der Waals surface area (Å²) >= 11 is 0. The molecule has 0 N–H and O–H groups in total. The van der Waals surface area contributed by atoms with Gasteiger partial charge in [0.2, 0.25) is 0 Å². The van der Waals surface area contributed by atoms with E-state index in [1.807, 2.05) is 18.2 Å². The van der Waals surface area contributed by atoms with Crippen LogP contribution in [0.15, 0.2) is 30.5 Å². The average Bonchev–Trinajstić information content (AvgIpc) is 2.71. The summed E-state index contributed by atoms with van der Waals surface area (Å²) in [6, 6.07) is 7.94. The maximum Gasteiger partial charge on any atom is 0.150 e. The summed E-state index contributed by atoms with van der Waals surface area (Å²) in [5.74, 6) is 0. The standard InChI is InChI=1S/C16H21NO/c1-16(2,3)9-5-10-17-11-8-14-13(12-18)6-4-7-15(14)17/h4,6-8,11-12H,5,9-10H2,1-3H3. The fourth-order valence-corrected chi connectivity index (χ4v) is 2.32. The van der Waals surface area contributed by atoms with Gasteiger partial charge in [0.15, 0.2) is 6.29 Å². The Morgan fingerprint density at radius 2 is 2.00 bits per heavy atom. The van der Waals surface area contributed by atoms with Gasteiger partial charge in [-0.15, -0.1) is 0 Å². The second-order valence-electron chi connectivity index (χ2n) is 6.07. The van der Waals surface area contributed by atoms with Gasteiger partial charge in [-0.3, -0.25) is 4.79 Å². The first-order valence-corrected chi connectivity index (χ1v) is 6.54. The topological polar surface area (TPSA) is 22.0 Å². The Kier molecular flexibility index (Phi) is 3.55. The van der Waals surface area contributed by atoms with Gasteiger partial charge in [0, 0.05) is 29.2 Å². The van der Waals surface area contributed by atoms with Crippen molar-refractivity contribution >= 4 is 17.2 Å². The summed E-state index contributed by atoms with van der Waals surface area (Å²) in [6.45, 7) is 7.82. The molecule has 2 nitrogen and oxygen atoms in total. The van der Waals surface area contributed by atoms with Crippen molar-refractivity contribution in [1.82, 2.24) is 4.57 Å². The molecular formula is C16H21NO. The fourth-order valence-electron chi connectivity index (χ4n) is 2.32. The highest BCUT2D eigenvalue weighted by molar-refractivity contribution is 5.97. The van der Waals surface area contributed by atoms with E-state index < -0.39 is 0 Å². The largest absolute Gasteiger partial charge is 0.347 e. The molecule has 0 bridgehead atoms. The van der Waals surface area contributed by atoms with E-state index in [9.17, 15) is 4.79 Å². The Balaban J connectivity index is 2.17. The fraction of sp³-hybridized carbons (Fsp3) is 0.438. The minimum Gasteiger partial charge on any atom is -0.347 e. The second-order valence-corrected chi connectivity index (χ2v) is 6.07. The molecule has 0 atom stereocenters. The number of rotatable bonds is 4. The molecule has 0 aliphatic carbocycles. The lowest BCUT2D eigenvalue weighted by Gasteiger charge is -2.18. The zero-order chi connectivity index (χ0) is 13.2. The predicted octanol–water partition coefficient (Wildman–Crippen LogP) is 4.28. The third-order valence-electron chi connectivity index (χ3n) is 3.30. The molecule has 1 heterocycles. The maximum absolute atomic E-state index is 11.0. The molecular weight excluding hydrogens is 222 g/mol. The monoisotopic (exact) mass is 243 g/mol. The van der Waals surface area contributed by atoms with Crippen LogP contribution in [0.5, 0.6) is 0 Å². The molecule has 0 saturated heterocycles. The summed E-state index contributed by atoms with van der Waals surface area (Å²) in [6.07, 6.45) is 5.39. The highest BCUT2D eigenvalue weighted by Crippen LogP contribution is 2.23. The lowest BCUT2D eigenvalue weighted by atomic mass is 9.91. The van der Waals surface area contributed by atoms with Crippen LogP contribution in [0.2, 0.25) is 0 Å². The van der Waals surface area contributed by atoms with E-state index in [2.05, 4.69) is 37.6 Å². The van der Waals surface area contributed by atoms with Crippen LogP contribution in [0.25, 0.3) is 10.9 Å². The minimum atomic E-state index is 0.386. The zero-order valence-corrected chi connectivity index (χ0v) is 11.4. The molecule has 0 aliphatic rings. The number of benzene rings is 1. The van der Waals surface area contributed by atoms with Crippen molar-refractivity contribution in [3.63, 3.8) is 0 Å². The molecule has 0 unspecified atom stereocenters. The van der Waals surface area contributed by atoms with Gasteiger partial charge >= 0.3 is 0 Å². The van der Waals surface area contributed by atoms with Gasteiger partial charge in [0.1, 0.15) is 0 Å².